The van der Waals surface area contributed by atoms with E-state index < -0.39 is 6.10 Å². The van der Waals surface area contributed by atoms with Crippen LogP contribution in [-0.4, -0.2) is 18.6 Å². The van der Waals surface area contributed by atoms with Crippen LogP contribution in [0.25, 0.3) is 0 Å². The summed E-state index contributed by atoms with van der Waals surface area (Å²) in [6.45, 7) is 11.1. The van der Waals surface area contributed by atoms with Gasteiger partial charge >= 0.3 is 0 Å². The molecule has 0 saturated carbocycles. The van der Waals surface area contributed by atoms with Gasteiger partial charge in [0.05, 0.1) is 5.69 Å². The first-order valence-electron chi connectivity index (χ1n) is 8.63. The molecule has 2 unspecified atom stereocenters. The first kappa shape index (κ1) is 17.8. The van der Waals surface area contributed by atoms with Crippen LogP contribution in [0.1, 0.15) is 65.5 Å². The highest BCUT2D eigenvalue weighted by atomic mass is 16.5. The average molecular weight is 318 g/mol. The number of nitrogens with zero attached hydrogens (tertiary/aromatic N) is 1. The first-order chi connectivity index (χ1) is 10.8. The van der Waals surface area contributed by atoms with Crippen molar-refractivity contribution in [1.82, 2.24) is 0 Å². The monoisotopic (exact) mass is 318 g/mol. The minimum Gasteiger partial charge on any atom is -0.479 e. The van der Waals surface area contributed by atoms with Gasteiger partial charge in [0.1, 0.15) is 5.75 Å². The lowest BCUT2D eigenvalue weighted by atomic mass is 9.83. The Hall–Kier alpha value is -1.55. The average Bonchev–Trinajstić information content (AvgIpc) is 2.49. The van der Waals surface area contributed by atoms with Crippen LogP contribution >= 0.6 is 0 Å². The van der Waals surface area contributed by atoms with E-state index in [4.69, 9.17) is 10.5 Å². The molecule has 1 aromatic rings. The molecule has 4 nitrogen and oxygen atoms in total. The zero-order chi connectivity index (χ0) is 17.2. The maximum atomic E-state index is 12.5. The first-order valence-corrected chi connectivity index (χ1v) is 8.63. The zero-order valence-electron chi connectivity index (χ0n) is 15.1. The summed E-state index contributed by atoms with van der Waals surface area (Å²) in [6.07, 6.45) is 2.83. The van der Waals surface area contributed by atoms with E-state index in [1.165, 1.54) is 0 Å². The molecule has 128 valence electrons. The summed E-state index contributed by atoms with van der Waals surface area (Å²) >= 11 is 0. The number of benzene rings is 1. The lowest BCUT2D eigenvalue weighted by Gasteiger charge is -2.35. The number of anilines is 1. The molecule has 2 atom stereocenters. The zero-order valence-corrected chi connectivity index (χ0v) is 15.1. The van der Waals surface area contributed by atoms with E-state index in [1.807, 2.05) is 30.0 Å². The quantitative estimate of drug-likeness (QED) is 0.834. The van der Waals surface area contributed by atoms with Gasteiger partial charge in [0.2, 0.25) is 0 Å². The van der Waals surface area contributed by atoms with Gasteiger partial charge in [-0.2, -0.15) is 0 Å². The van der Waals surface area contributed by atoms with Gasteiger partial charge in [0, 0.05) is 12.6 Å². The van der Waals surface area contributed by atoms with E-state index in [2.05, 4.69) is 27.7 Å². The van der Waals surface area contributed by atoms with Crippen molar-refractivity contribution in [2.75, 3.05) is 11.4 Å². The molecule has 0 aromatic heterocycles. The number of ether oxygens (including phenoxy) is 1. The number of unbranched alkanes of at least 4 members (excludes halogenated alkanes) is 2. The Morgan fingerprint density at radius 3 is 2.61 bits per heavy atom. The van der Waals surface area contributed by atoms with Crippen LogP contribution in [0.15, 0.2) is 18.2 Å². The Labute approximate surface area is 140 Å². The molecule has 0 aliphatic carbocycles. The van der Waals surface area contributed by atoms with Crippen molar-refractivity contribution in [3.8, 4) is 5.75 Å². The molecule has 1 heterocycles. The normalized spacial score (nSPS) is 19.3. The molecule has 1 aliphatic rings. The largest absolute Gasteiger partial charge is 0.479 e. The van der Waals surface area contributed by atoms with Crippen LogP contribution in [0.5, 0.6) is 5.75 Å². The SMILES string of the molecule is CCCCCN1C(=O)C(C)Oc2ccc(C(N)C(C)(C)C)cc21. The highest BCUT2D eigenvalue weighted by Gasteiger charge is 2.32. The number of hydrogen-bond donors (Lipinski definition) is 1. The fourth-order valence-electron chi connectivity index (χ4n) is 2.87. The van der Waals surface area contributed by atoms with Gasteiger partial charge in [0.15, 0.2) is 6.10 Å². The Balaban J connectivity index is 2.35. The lowest BCUT2D eigenvalue weighted by molar-refractivity contribution is -0.125. The molecule has 0 fully saturated rings. The molecule has 0 bridgehead atoms. The third-order valence-electron chi connectivity index (χ3n) is 4.47. The van der Waals surface area contributed by atoms with Crippen molar-refractivity contribution in [3.05, 3.63) is 23.8 Å². The van der Waals surface area contributed by atoms with Crippen molar-refractivity contribution in [1.29, 1.82) is 0 Å². The van der Waals surface area contributed by atoms with Crippen LogP contribution < -0.4 is 15.4 Å². The van der Waals surface area contributed by atoms with E-state index in [1.54, 1.807) is 0 Å². The lowest BCUT2D eigenvalue weighted by Crippen LogP contribution is -2.45. The molecular formula is C19H30N2O2. The molecule has 1 aromatic carbocycles. The van der Waals surface area contributed by atoms with E-state index >= 15 is 0 Å². The van der Waals surface area contributed by atoms with Gasteiger partial charge in [-0.1, -0.05) is 46.6 Å². The standard InChI is InChI=1S/C19H30N2O2/c1-6-7-8-11-21-15-12-14(17(20)19(3,4)5)9-10-16(15)23-13(2)18(21)22/h9-10,12-13,17H,6-8,11,20H2,1-5H3. The summed E-state index contributed by atoms with van der Waals surface area (Å²) in [6, 6.07) is 5.91. The molecule has 2 rings (SSSR count). The number of carbonyl (C=O) groups is 1. The Kier molecular flexibility index (Phi) is 5.35. The summed E-state index contributed by atoms with van der Waals surface area (Å²) in [4.78, 5) is 14.4. The third-order valence-corrected chi connectivity index (χ3v) is 4.47. The maximum absolute atomic E-state index is 12.5. The highest BCUT2D eigenvalue weighted by Crippen LogP contribution is 2.39. The van der Waals surface area contributed by atoms with Crippen molar-refractivity contribution in [2.45, 2.75) is 66.0 Å². The second kappa shape index (κ2) is 6.91. The van der Waals surface area contributed by atoms with Gasteiger partial charge in [-0.15, -0.1) is 0 Å². The predicted molar refractivity (Wildman–Crippen MR) is 94.8 cm³/mol. The maximum Gasteiger partial charge on any atom is 0.267 e. The summed E-state index contributed by atoms with van der Waals surface area (Å²) in [5.41, 5.74) is 8.26. The molecular weight excluding hydrogens is 288 g/mol. The van der Waals surface area contributed by atoms with Gasteiger partial charge in [-0.25, -0.2) is 0 Å². The predicted octanol–water partition coefficient (Wildman–Crippen LogP) is 4.04. The van der Waals surface area contributed by atoms with E-state index in [-0.39, 0.29) is 17.4 Å². The second-order valence-electron chi connectivity index (χ2n) is 7.53. The smallest absolute Gasteiger partial charge is 0.267 e. The Morgan fingerprint density at radius 2 is 2.00 bits per heavy atom. The molecule has 0 spiro atoms. The second-order valence-corrected chi connectivity index (χ2v) is 7.53. The number of hydrogen-bond acceptors (Lipinski definition) is 3. The van der Waals surface area contributed by atoms with Crippen LogP contribution in [0.3, 0.4) is 0 Å². The summed E-state index contributed by atoms with van der Waals surface area (Å²) in [5, 5.41) is 0. The van der Waals surface area contributed by atoms with Crippen molar-refractivity contribution in [2.24, 2.45) is 11.1 Å². The Bertz CT molecular complexity index is 563. The van der Waals surface area contributed by atoms with E-state index in [9.17, 15) is 4.79 Å². The van der Waals surface area contributed by atoms with Crippen LogP contribution in [-0.2, 0) is 4.79 Å². The summed E-state index contributed by atoms with van der Waals surface area (Å²) in [5.74, 6) is 0.813. The molecule has 2 N–H and O–H groups in total. The molecule has 4 heteroatoms. The molecule has 0 saturated heterocycles. The van der Waals surface area contributed by atoms with Gasteiger partial charge in [-0.3, -0.25) is 4.79 Å². The number of carbonyl (C=O) groups excluding carboxylic acids is 1. The van der Waals surface area contributed by atoms with Crippen LogP contribution in [0.4, 0.5) is 5.69 Å². The van der Waals surface area contributed by atoms with E-state index in [0.29, 0.717) is 0 Å². The fraction of sp³-hybridized carbons (Fsp3) is 0.632. The van der Waals surface area contributed by atoms with Crippen LogP contribution in [0, 0.1) is 5.41 Å². The Morgan fingerprint density at radius 1 is 1.30 bits per heavy atom. The van der Waals surface area contributed by atoms with Crippen LogP contribution in [0.2, 0.25) is 0 Å². The number of nitrogens with two attached hydrogens (primary N) is 1. The number of fused-ring (bicyclic) bond motifs is 1. The minimum absolute atomic E-state index is 0.0336. The fourth-order valence-corrected chi connectivity index (χ4v) is 2.87. The van der Waals surface area contributed by atoms with Crippen molar-refractivity contribution >= 4 is 11.6 Å². The van der Waals surface area contributed by atoms with Gasteiger partial charge in [-0.05, 0) is 36.5 Å². The molecule has 1 aliphatic heterocycles. The summed E-state index contributed by atoms with van der Waals surface area (Å²) < 4.78 is 5.77. The summed E-state index contributed by atoms with van der Waals surface area (Å²) in [7, 11) is 0. The number of rotatable bonds is 5. The van der Waals surface area contributed by atoms with Gasteiger partial charge < -0.3 is 15.4 Å². The van der Waals surface area contributed by atoms with Crippen molar-refractivity contribution < 1.29 is 9.53 Å². The third kappa shape index (κ3) is 3.86. The molecule has 23 heavy (non-hydrogen) atoms. The number of amides is 1. The van der Waals surface area contributed by atoms with Gasteiger partial charge in [0.25, 0.3) is 5.91 Å². The minimum atomic E-state index is -0.425. The van der Waals surface area contributed by atoms with Crippen molar-refractivity contribution in [3.63, 3.8) is 0 Å². The molecule has 1 amide bonds. The topological polar surface area (TPSA) is 55.6 Å². The molecule has 0 radical (unpaired) electrons. The van der Waals surface area contributed by atoms with E-state index in [0.717, 1.165) is 42.8 Å². The highest BCUT2D eigenvalue weighted by molar-refractivity contribution is 5.99.